The second-order valence-corrected chi connectivity index (χ2v) is 3.97. The first-order valence-electron chi connectivity index (χ1n) is 5.18. The van der Waals surface area contributed by atoms with Gasteiger partial charge in [0.05, 0.1) is 0 Å². The largest absolute Gasteiger partial charge is 0.508 e. The third kappa shape index (κ3) is 1.74. The Morgan fingerprint density at radius 3 is 2.31 bits per heavy atom. The monoisotopic (exact) mass is 214 g/mol. The predicted octanol–water partition coefficient (Wildman–Crippen LogP) is 3.38. The van der Waals surface area contributed by atoms with Gasteiger partial charge in [-0.05, 0) is 36.6 Å². The number of rotatable bonds is 1. The quantitative estimate of drug-likeness (QED) is 0.764. The van der Waals surface area contributed by atoms with Crippen LogP contribution >= 0.6 is 0 Å². The lowest BCUT2D eigenvalue weighted by atomic mass is 10.0. The average molecular weight is 214 g/mol. The van der Waals surface area contributed by atoms with Crippen molar-refractivity contribution in [3.8, 4) is 22.6 Å². The van der Waals surface area contributed by atoms with Gasteiger partial charge in [-0.1, -0.05) is 30.3 Å². The van der Waals surface area contributed by atoms with Crippen LogP contribution in [0.4, 0.5) is 0 Å². The normalized spacial score (nSPS) is 10.4. The third-order valence-electron chi connectivity index (χ3n) is 2.76. The summed E-state index contributed by atoms with van der Waals surface area (Å²) in [6, 6.07) is 11.0. The van der Waals surface area contributed by atoms with E-state index in [1.54, 1.807) is 6.07 Å². The molecule has 0 heterocycles. The first-order valence-corrected chi connectivity index (χ1v) is 5.18. The SMILES string of the molecule is Cc1ccc(-c2cccc(C)c2O)cc1O. The van der Waals surface area contributed by atoms with E-state index in [9.17, 15) is 10.2 Å². The molecule has 0 aromatic heterocycles. The van der Waals surface area contributed by atoms with Crippen molar-refractivity contribution in [3.63, 3.8) is 0 Å². The van der Waals surface area contributed by atoms with Gasteiger partial charge in [-0.3, -0.25) is 0 Å². The zero-order chi connectivity index (χ0) is 11.7. The fraction of sp³-hybridized carbons (Fsp3) is 0.143. The van der Waals surface area contributed by atoms with Crippen molar-refractivity contribution in [2.45, 2.75) is 13.8 Å². The number of aromatic hydroxyl groups is 2. The molecule has 16 heavy (non-hydrogen) atoms. The topological polar surface area (TPSA) is 40.5 Å². The van der Waals surface area contributed by atoms with Crippen LogP contribution in [-0.2, 0) is 0 Å². The van der Waals surface area contributed by atoms with Crippen molar-refractivity contribution in [2.24, 2.45) is 0 Å². The van der Waals surface area contributed by atoms with Crippen molar-refractivity contribution >= 4 is 0 Å². The molecule has 0 aliphatic heterocycles. The molecule has 0 saturated carbocycles. The molecule has 0 radical (unpaired) electrons. The molecule has 2 N–H and O–H groups in total. The third-order valence-corrected chi connectivity index (χ3v) is 2.76. The molecule has 0 aliphatic rings. The summed E-state index contributed by atoms with van der Waals surface area (Å²) in [4.78, 5) is 0. The average Bonchev–Trinajstić information content (AvgIpc) is 2.26. The van der Waals surface area contributed by atoms with Gasteiger partial charge in [-0.2, -0.15) is 0 Å². The highest BCUT2D eigenvalue weighted by molar-refractivity contribution is 5.73. The van der Waals surface area contributed by atoms with Crippen LogP contribution in [0.3, 0.4) is 0 Å². The van der Waals surface area contributed by atoms with E-state index in [0.717, 1.165) is 22.3 Å². The molecule has 0 bridgehead atoms. The molecule has 0 atom stereocenters. The Labute approximate surface area is 94.8 Å². The van der Waals surface area contributed by atoms with E-state index in [-0.39, 0.29) is 11.5 Å². The minimum atomic E-state index is 0.249. The number of phenols is 2. The van der Waals surface area contributed by atoms with Gasteiger partial charge in [-0.25, -0.2) is 0 Å². The summed E-state index contributed by atoms with van der Waals surface area (Å²) in [6.45, 7) is 3.70. The fourth-order valence-corrected chi connectivity index (χ4v) is 1.67. The molecular formula is C14H14O2. The standard InChI is InChI=1S/C14H14O2/c1-9-6-7-11(8-13(9)15)12-5-3-4-10(2)14(12)16/h3-8,15-16H,1-2H3. The predicted molar refractivity (Wildman–Crippen MR) is 64.7 cm³/mol. The molecule has 0 aliphatic carbocycles. The first-order chi connectivity index (χ1) is 7.59. The maximum Gasteiger partial charge on any atom is 0.126 e. The summed E-state index contributed by atoms with van der Waals surface area (Å²) in [7, 11) is 0. The van der Waals surface area contributed by atoms with Gasteiger partial charge < -0.3 is 10.2 Å². The van der Waals surface area contributed by atoms with Crippen LogP contribution in [0.5, 0.6) is 11.5 Å². The second kappa shape index (κ2) is 3.89. The molecule has 2 aromatic carbocycles. The Kier molecular flexibility index (Phi) is 2.57. The van der Waals surface area contributed by atoms with Gasteiger partial charge in [0, 0.05) is 5.56 Å². The summed E-state index contributed by atoms with van der Waals surface area (Å²) in [6.07, 6.45) is 0. The smallest absolute Gasteiger partial charge is 0.126 e. The fourth-order valence-electron chi connectivity index (χ4n) is 1.67. The van der Waals surface area contributed by atoms with Crippen molar-refractivity contribution < 1.29 is 10.2 Å². The summed E-state index contributed by atoms with van der Waals surface area (Å²) < 4.78 is 0. The lowest BCUT2D eigenvalue weighted by Crippen LogP contribution is -1.83. The molecule has 82 valence electrons. The van der Waals surface area contributed by atoms with Crippen LogP contribution in [0, 0.1) is 13.8 Å². The molecular weight excluding hydrogens is 200 g/mol. The van der Waals surface area contributed by atoms with E-state index in [2.05, 4.69) is 0 Å². The highest BCUT2D eigenvalue weighted by Gasteiger charge is 2.07. The van der Waals surface area contributed by atoms with Gasteiger partial charge in [0.2, 0.25) is 0 Å². The molecule has 2 nitrogen and oxygen atoms in total. The maximum absolute atomic E-state index is 9.93. The van der Waals surface area contributed by atoms with Crippen molar-refractivity contribution in [3.05, 3.63) is 47.5 Å². The number of benzene rings is 2. The Morgan fingerprint density at radius 1 is 0.875 bits per heavy atom. The van der Waals surface area contributed by atoms with Crippen LogP contribution in [0.2, 0.25) is 0 Å². The lowest BCUT2D eigenvalue weighted by molar-refractivity contribution is 0.470. The minimum Gasteiger partial charge on any atom is -0.508 e. The van der Waals surface area contributed by atoms with Gasteiger partial charge in [0.25, 0.3) is 0 Å². The van der Waals surface area contributed by atoms with Crippen LogP contribution in [0.15, 0.2) is 36.4 Å². The van der Waals surface area contributed by atoms with E-state index in [4.69, 9.17) is 0 Å². The van der Waals surface area contributed by atoms with Crippen LogP contribution in [0.25, 0.3) is 11.1 Å². The molecule has 2 aromatic rings. The molecule has 0 unspecified atom stereocenters. The maximum atomic E-state index is 9.93. The molecule has 0 amide bonds. The zero-order valence-corrected chi connectivity index (χ0v) is 9.36. The Balaban J connectivity index is 2.59. The van der Waals surface area contributed by atoms with E-state index < -0.39 is 0 Å². The molecule has 2 rings (SSSR count). The summed E-state index contributed by atoms with van der Waals surface area (Å²) in [5.41, 5.74) is 3.23. The van der Waals surface area contributed by atoms with Crippen molar-refractivity contribution in [2.75, 3.05) is 0 Å². The summed E-state index contributed by atoms with van der Waals surface area (Å²) in [5.74, 6) is 0.518. The highest BCUT2D eigenvalue weighted by atomic mass is 16.3. The molecule has 0 fully saturated rings. The Bertz CT molecular complexity index is 530. The lowest BCUT2D eigenvalue weighted by Gasteiger charge is -2.08. The van der Waals surface area contributed by atoms with Crippen LogP contribution in [-0.4, -0.2) is 10.2 Å². The minimum absolute atomic E-state index is 0.249. The van der Waals surface area contributed by atoms with E-state index in [0.29, 0.717) is 0 Å². The van der Waals surface area contributed by atoms with Gasteiger partial charge in [0.1, 0.15) is 11.5 Å². The number of phenolic OH excluding ortho intramolecular Hbond substituents is 2. The number of hydrogen-bond donors (Lipinski definition) is 2. The zero-order valence-electron chi connectivity index (χ0n) is 9.36. The second-order valence-electron chi connectivity index (χ2n) is 3.97. The van der Waals surface area contributed by atoms with E-state index in [1.165, 1.54) is 0 Å². The van der Waals surface area contributed by atoms with Crippen molar-refractivity contribution in [1.29, 1.82) is 0 Å². The first kappa shape index (κ1) is 10.6. The van der Waals surface area contributed by atoms with Gasteiger partial charge in [-0.15, -0.1) is 0 Å². The van der Waals surface area contributed by atoms with Crippen molar-refractivity contribution in [1.82, 2.24) is 0 Å². The number of aryl methyl sites for hydroxylation is 2. The summed E-state index contributed by atoms with van der Waals surface area (Å²) in [5, 5.41) is 19.6. The summed E-state index contributed by atoms with van der Waals surface area (Å²) >= 11 is 0. The molecule has 0 spiro atoms. The van der Waals surface area contributed by atoms with E-state index in [1.807, 2.05) is 44.2 Å². The highest BCUT2D eigenvalue weighted by Crippen LogP contribution is 2.33. The van der Waals surface area contributed by atoms with Crippen LogP contribution in [0.1, 0.15) is 11.1 Å². The Morgan fingerprint density at radius 2 is 1.62 bits per heavy atom. The number of hydrogen-bond acceptors (Lipinski definition) is 2. The van der Waals surface area contributed by atoms with E-state index >= 15 is 0 Å². The molecule has 2 heteroatoms. The van der Waals surface area contributed by atoms with Crippen LogP contribution < -0.4 is 0 Å². The van der Waals surface area contributed by atoms with Gasteiger partial charge >= 0.3 is 0 Å². The van der Waals surface area contributed by atoms with Gasteiger partial charge in [0.15, 0.2) is 0 Å². The Hall–Kier alpha value is -1.96. The molecule has 0 saturated heterocycles. The number of para-hydroxylation sites is 1.